The van der Waals surface area contributed by atoms with E-state index in [1.807, 2.05) is 24.3 Å². The summed E-state index contributed by atoms with van der Waals surface area (Å²) in [7, 11) is 0. The van der Waals surface area contributed by atoms with Gasteiger partial charge in [-0.1, -0.05) is 12.1 Å². The molecule has 0 spiro atoms. The third-order valence-corrected chi connectivity index (χ3v) is 3.33. The van der Waals surface area contributed by atoms with Gasteiger partial charge in [-0.25, -0.2) is 4.99 Å². The first-order valence-corrected chi connectivity index (χ1v) is 7.33. The first kappa shape index (κ1) is 16.3. The van der Waals surface area contributed by atoms with Gasteiger partial charge >= 0.3 is 0 Å². The van der Waals surface area contributed by atoms with E-state index in [9.17, 15) is 0 Å². The van der Waals surface area contributed by atoms with Gasteiger partial charge in [0.1, 0.15) is 0 Å². The maximum absolute atomic E-state index is 5.74. The molecule has 2 unspecified atom stereocenters. The summed E-state index contributed by atoms with van der Waals surface area (Å²) < 4.78 is 5.74. The third-order valence-electron chi connectivity index (χ3n) is 3.33. The Morgan fingerprint density at radius 2 is 1.73 bits per heavy atom. The van der Waals surface area contributed by atoms with Gasteiger partial charge in [-0.3, -0.25) is 4.90 Å². The summed E-state index contributed by atoms with van der Waals surface area (Å²) >= 11 is 0. The highest BCUT2D eigenvalue weighted by Crippen LogP contribution is 2.17. The summed E-state index contributed by atoms with van der Waals surface area (Å²) in [6.07, 6.45) is 0.541. The Balaban J connectivity index is 1.99. The van der Waals surface area contributed by atoms with Crippen LogP contribution in [0.15, 0.2) is 34.3 Å². The van der Waals surface area contributed by atoms with Crippen molar-refractivity contribution in [3.63, 3.8) is 0 Å². The van der Waals surface area contributed by atoms with Gasteiger partial charge in [0.25, 0.3) is 0 Å². The molecule has 1 heterocycles. The molecular weight excluding hydrogens is 280 g/mol. The Hall–Kier alpha value is -2.12. The Morgan fingerprint density at radius 3 is 2.27 bits per heavy atom. The SMILES string of the molecule is CC1CN(Cc2ccc(N=C(N)N=C(N)N)cc2)CC(C)O1. The molecule has 0 aliphatic carbocycles. The quantitative estimate of drug-likeness (QED) is 0.556. The zero-order valence-corrected chi connectivity index (χ0v) is 13.1. The van der Waals surface area contributed by atoms with Crippen LogP contribution in [0.2, 0.25) is 0 Å². The summed E-state index contributed by atoms with van der Waals surface area (Å²) in [5.41, 5.74) is 18.0. The topological polar surface area (TPSA) is 115 Å². The van der Waals surface area contributed by atoms with E-state index < -0.39 is 0 Å². The minimum absolute atomic E-state index is 0.0450. The molecule has 6 N–H and O–H groups in total. The molecule has 1 aromatic rings. The summed E-state index contributed by atoms with van der Waals surface area (Å²) in [6.45, 7) is 6.99. The van der Waals surface area contributed by atoms with E-state index in [1.54, 1.807) is 0 Å². The molecule has 0 saturated carbocycles. The number of nitrogens with two attached hydrogens (primary N) is 3. The van der Waals surface area contributed by atoms with Crippen LogP contribution in [0, 0.1) is 0 Å². The second-order valence-electron chi connectivity index (χ2n) is 5.62. The van der Waals surface area contributed by atoms with Crippen LogP contribution in [0.1, 0.15) is 19.4 Å². The highest BCUT2D eigenvalue weighted by Gasteiger charge is 2.21. The predicted molar refractivity (Wildman–Crippen MR) is 88.8 cm³/mol. The van der Waals surface area contributed by atoms with Crippen molar-refractivity contribution in [2.75, 3.05) is 13.1 Å². The van der Waals surface area contributed by atoms with Crippen molar-refractivity contribution >= 4 is 17.6 Å². The molecule has 7 nitrogen and oxygen atoms in total. The molecule has 0 amide bonds. The Labute approximate surface area is 130 Å². The molecule has 2 rings (SSSR count). The summed E-state index contributed by atoms with van der Waals surface area (Å²) in [5, 5.41) is 0. The van der Waals surface area contributed by atoms with Gasteiger partial charge in [0.15, 0.2) is 5.96 Å². The monoisotopic (exact) mass is 304 g/mol. The molecule has 0 radical (unpaired) electrons. The molecular formula is C15H24N6O. The highest BCUT2D eigenvalue weighted by molar-refractivity contribution is 5.93. The maximum Gasteiger partial charge on any atom is 0.223 e. The second kappa shape index (κ2) is 7.24. The van der Waals surface area contributed by atoms with E-state index in [2.05, 4.69) is 28.7 Å². The fourth-order valence-corrected chi connectivity index (χ4v) is 2.64. The second-order valence-corrected chi connectivity index (χ2v) is 5.62. The molecule has 22 heavy (non-hydrogen) atoms. The number of hydrogen-bond donors (Lipinski definition) is 3. The summed E-state index contributed by atoms with van der Waals surface area (Å²) in [4.78, 5) is 10.2. The maximum atomic E-state index is 5.74. The largest absolute Gasteiger partial charge is 0.373 e. The van der Waals surface area contributed by atoms with Gasteiger partial charge < -0.3 is 21.9 Å². The molecule has 7 heteroatoms. The lowest BCUT2D eigenvalue weighted by molar-refractivity contribution is -0.0704. The minimum atomic E-state index is -0.103. The van der Waals surface area contributed by atoms with Crippen LogP contribution in [0.4, 0.5) is 5.69 Å². The van der Waals surface area contributed by atoms with E-state index in [4.69, 9.17) is 21.9 Å². The lowest BCUT2D eigenvalue weighted by atomic mass is 10.1. The van der Waals surface area contributed by atoms with Gasteiger partial charge in [0.05, 0.1) is 17.9 Å². The molecule has 1 aliphatic rings. The van der Waals surface area contributed by atoms with Crippen LogP contribution in [-0.4, -0.2) is 42.1 Å². The Bertz CT molecular complexity index is 540. The number of morpholine rings is 1. The van der Waals surface area contributed by atoms with Crippen LogP contribution >= 0.6 is 0 Å². The number of guanidine groups is 2. The third kappa shape index (κ3) is 5.01. The average molecular weight is 304 g/mol. The number of benzene rings is 1. The number of aliphatic imine (C=N–C) groups is 2. The zero-order chi connectivity index (χ0) is 16.1. The van der Waals surface area contributed by atoms with E-state index in [0.717, 1.165) is 25.3 Å². The van der Waals surface area contributed by atoms with Crippen molar-refractivity contribution < 1.29 is 4.74 Å². The molecule has 0 bridgehead atoms. The normalized spacial score (nSPS) is 23.3. The fourth-order valence-electron chi connectivity index (χ4n) is 2.64. The Kier molecular flexibility index (Phi) is 5.35. The lowest BCUT2D eigenvalue weighted by Gasteiger charge is -2.35. The van der Waals surface area contributed by atoms with Gasteiger partial charge in [-0.2, -0.15) is 4.99 Å². The van der Waals surface area contributed by atoms with E-state index in [1.165, 1.54) is 5.56 Å². The molecule has 0 aromatic heterocycles. The van der Waals surface area contributed by atoms with Crippen LogP contribution < -0.4 is 17.2 Å². The predicted octanol–water partition coefficient (Wildman–Crippen LogP) is 0.515. The summed E-state index contributed by atoms with van der Waals surface area (Å²) in [6, 6.07) is 7.87. The smallest absolute Gasteiger partial charge is 0.223 e. The van der Waals surface area contributed by atoms with Crippen LogP contribution in [0.3, 0.4) is 0 Å². The number of ether oxygens (including phenoxy) is 1. The van der Waals surface area contributed by atoms with E-state index >= 15 is 0 Å². The van der Waals surface area contributed by atoms with E-state index in [-0.39, 0.29) is 24.1 Å². The standard InChI is InChI=1S/C15H24N6O/c1-10-7-21(8-11(2)22-10)9-12-3-5-13(6-4-12)19-15(18)20-14(16)17/h3-6,10-11H,7-9H2,1-2H3,(H6,16,17,18,19,20). The van der Waals surface area contributed by atoms with Crippen molar-refractivity contribution in [2.45, 2.75) is 32.6 Å². The number of rotatable bonds is 3. The minimum Gasteiger partial charge on any atom is -0.373 e. The van der Waals surface area contributed by atoms with Gasteiger partial charge in [-0.15, -0.1) is 0 Å². The average Bonchev–Trinajstić information content (AvgIpc) is 2.39. The van der Waals surface area contributed by atoms with Gasteiger partial charge in [0.2, 0.25) is 5.96 Å². The van der Waals surface area contributed by atoms with E-state index in [0.29, 0.717) is 0 Å². The molecule has 1 saturated heterocycles. The lowest BCUT2D eigenvalue weighted by Crippen LogP contribution is -2.44. The zero-order valence-electron chi connectivity index (χ0n) is 13.1. The first-order chi connectivity index (χ1) is 10.4. The highest BCUT2D eigenvalue weighted by atomic mass is 16.5. The van der Waals surface area contributed by atoms with Crippen molar-refractivity contribution in [1.82, 2.24) is 4.90 Å². The molecule has 1 aliphatic heterocycles. The molecule has 1 fully saturated rings. The van der Waals surface area contributed by atoms with Crippen molar-refractivity contribution in [3.05, 3.63) is 29.8 Å². The van der Waals surface area contributed by atoms with Crippen LogP contribution in [0.25, 0.3) is 0 Å². The van der Waals surface area contributed by atoms with Gasteiger partial charge in [-0.05, 0) is 31.5 Å². The van der Waals surface area contributed by atoms with Crippen molar-refractivity contribution in [3.8, 4) is 0 Å². The molecule has 120 valence electrons. The molecule has 2 atom stereocenters. The first-order valence-electron chi connectivity index (χ1n) is 7.33. The van der Waals surface area contributed by atoms with Crippen molar-refractivity contribution in [1.29, 1.82) is 0 Å². The Morgan fingerprint density at radius 1 is 1.14 bits per heavy atom. The van der Waals surface area contributed by atoms with Crippen LogP contribution in [-0.2, 0) is 11.3 Å². The number of hydrogen-bond acceptors (Lipinski definition) is 3. The van der Waals surface area contributed by atoms with Crippen LogP contribution in [0.5, 0.6) is 0 Å². The number of nitrogens with zero attached hydrogens (tertiary/aromatic N) is 3. The molecule has 1 aromatic carbocycles. The van der Waals surface area contributed by atoms with Crippen molar-refractivity contribution in [2.24, 2.45) is 27.2 Å². The fraction of sp³-hybridized carbons (Fsp3) is 0.467. The summed E-state index contributed by atoms with van der Waals surface area (Å²) in [5.74, 6) is -0.0583. The van der Waals surface area contributed by atoms with Gasteiger partial charge in [0, 0.05) is 19.6 Å².